The zero-order chi connectivity index (χ0) is 26.4. The molecular formula is C28H27N3O5S. The number of hydrogen-bond donors (Lipinski definition) is 3. The molecule has 37 heavy (non-hydrogen) atoms. The van der Waals surface area contributed by atoms with Crippen LogP contribution in [0.15, 0.2) is 78.0 Å². The number of aromatic carboxylic acids is 1. The van der Waals surface area contributed by atoms with Gasteiger partial charge in [-0.15, -0.1) is 0 Å². The van der Waals surface area contributed by atoms with Crippen LogP contribution in [0.25, 0.3) is 22.5 Å². The van der Waals surface area contributed by atoms with Crippen LogP contribution in [-0.2, 0) is 4.79 Å². The minimum atomic E-state index is -1.02. The van der Waals surface area contributed by atoms with Crippen LogP contribution in [0.5, 0.6) is 11.5 Å². The molecule has 8 nitrogen and oxygen atoms in total. The van der Waals surface area contributed by atoms with Crippen LogP contribution in [0.2, 0.25) is 0 Å². The van der Waals surface area contributed by atoms with Crippen molar-refractivity contribution in [2.24, 2.45) is 0 Å². The van der Waals surface area contributed by atoms with Gasteiger partial charge in [-0.2, -0.15) is 0 Å². The maximum absolute atomic E-state index is 13.0. The van der Waals surface area contributed by atoms with Crippen molar-refractivity contribution < 1.29 is 24.2 Å². The largest absolute Gasteiger partial charge is 0.497 e. The number of rotatable bonds is 10. The summed E-state index contributed by atoms with van der Waals surface area (Å²) in [5, 5.41) is 12.1. The number of imidazole rings is 1. The van der Waals surface area contributed by atoms with E-state index in [0.29, 0.717) is 17.3 Å². The fourth-order valence-electron chi connectivity index (χ4n) is 3.71. The smallest absolute Gasteiger partial charge is 0.335 e. The second-order valence-corrected chi connectivity index (χ2v) is 9.30. The van der Waals surface area contributed by atoms with Crippen molar-refractivity contribution in [1.29, 1.82) is 0 Å². The van der Waals surface area contributed by atoms with E-state index in [4.69, 9.17) is 19.6 Å². The molecule has 0 saturated carbocycles. The molecule has 0 saturated heterocycles. The van der Waals surface area contributed by atoms with Crippen LogP contribution in [0.1, 0.15) is 23.7 Å². The number of hydrogen-bond acceptors (Lipinski definition) is 6. The van der Waals surface area contributed by atoms with Gasteiger partial charge in [-0.25, -0.2) is 9.78 Å². The van der Waals surface area contributed by atoms with Gasteiger partial charge in [0.15, 0.2) is 5.16 Å². The van der Waals surface area contributed by atoms with E-state index in [0.717, 1.165) is 34.0 Å². The van der Waals surface area contributed by atoms with Gasteiger partial charge < -0.3 is 24.9 Å². The highest BCUT2D eigenvalue weighted by Gasteiger charge is 2.22. The average Bonchev–Trinajstić information content (AvgIpc) is 3.36. The number of aromatic nitrogens is 2. The number of carboxylic acid groups (broad SMARTS) is 1. The van der Waals surface area contributed by atoms with Gasteiger partial charge >= 0.3 is 5.97 Å². The van der Waals surface area contributed by atoms with Gasteiger partial charge in [0, 0.05) is 16.8 Å². The summed E-state index contributed by atoms with van der Waals surface area (Å²) < 4.78 is 10.6. The summed E-state index contributed by atoms with van der Waals surface area (Å²) in [6.07, 6.45) is 0.570. The van der Waals surface area contributed by atoms with Crippen LogP contribution in [-0.4, -0.2) is 46.4 Å². The molecule has 1 heterocycles. The molecule has 190 valence electrons. The quantitative estimate of drug-likeness (QED) is 0.222. The van der Waals surface area contributed by atoms with E-state index in [1.54, 1.807) is 26.4 Å². The number of nitrogens with zero attached hydrogens (tertiary/aromatic N) is 1. The van der Waals surface area contributed by atoms with E-state index in [1.165, 1.54) is 23.9 Å². The highest BCUT2D eigenvalue weighted by Crippen LogP contribution is 2.36. The summed E-state index contributed by atoms with van der Waals surface area (Å²) in [6.45, 7) is 1.93. The Morgan fingerprint density at radius 1 is 0.919 bits per heavy atom. The van der Waals surface area contributed by atoms with E-state index >= 15 is 0 Å². The summed E-state index contributed by atoms with van der Waals surface area (Å²) in [5.41, 5.74) is 4.12. The lowest BCUT2D eigenvalue weighted by molar-refractivity contribution is -0.115. The van der Waals surface area contributed by atoms with E-state index in [-0.39, 0.29) is 11.5 Å². The summed E-state index contributed by atoms with van der Waals surface area (Å²) in [7, 11) is 3.25. The lowest BCUT2D eigenvalue weighted by atomic mass is 10.0. The van der Waals surface area contributed by atoms with Crippen LogP contribution in [0.4, 0.5) is 5.69 Å². The number of aromatic amines is 1. The Morgan fingerprint density at radius 3 is 2.00 bits per heavy atom. The monoisotopic (exact) mass is 517 g/mol. The summed E-state index contributed by atoms with van der Waals surface area (Å²) in [4.78, 5) is 32.4. The first-order chi connectivity index (χ1) is 17.9. The predicted molar refractivity (Wildman–Crippen MR) is 145 cm³/mol. The fourth-order valence-corrected chi connectivity index (χ4v) is 4.61. The Labute approximate surface area is 219 Å². The van der Waals surface area contributed by atoms with E-state index < -0.39 is 11.2 Å². The second-order valence-electron chi connectivity index (χ2n) is 8.11. The highest BCUT2D eigenvalue weighted by atomic mass is 32.2. The maximum atomic E-state index is 13.0. The molecule has 0 radical (unpaired) electrons. The number of carboxylic acids is 1. The fraction of sp³-hybridized carbons (Fsp3) is 0.179. The molecule has 1 amide bonds. The molecule has 0 spiro atoms. The van der Waals surface area contributed by atoms with Gasteiger partial charge in [-0.05, 0) is 79.2 Å². The van der Waals surface area contributed by atoms with E-state index in [2.05, 4.69) is 10.3 Å². The number of methoxy groups -OCH3 is 2. The van der Waals surface area contributed by atoms with Crippen LogP contribution < -0.4 is 14.8 Å². The number of ether oxygens (including phenoxy) is 2. The maximum Gasteiger partial charge on any atom is 0.335 e. The number of nitrogens with one attached hydrogen (secondary N) is 2. The van der Waals surface area contributed by atoms with Crippen LogP contribution in [0, 0.1) is 0 Å². The molecular weight excluding hydrogens is 490 g/mol. The van der Waals surface area contributed by atoms with E-state index in [9.17, 15) is 9.59 Å². The zero-order valence-electron chi connectivity index (χ0n) is 20.6. The molecule has 0 fully saturated rings. The van der Waals surface area contributed by atoms with Crippen molar-refractivity contribution in [3.63, 3.8) is 0 Å². The van der Waals surface area contributed by atoms with Crippen molar-refractivity contribution in [2.75, 3.05) is 19.5 Å². The minimum Gasteiger partial charge on any atom is -0.497 e. The number of benzene rings is 3. The van der Waals surface area contributed by atoms with Crippen molar-refractivity contribution >= 4 is 29.3 Å². The Bertz CT molecular complexity index is 1300. The third kappa shape index (κ3) is 6.13. The molecule has 1 atom stereocenters. The van der Waals surface area contributed by atoms with Gasteiger partial charge in [0.2, 0.25) is 5.91 Å². The molecule has 0 aliphatic carbocycles. The average molecular weight is 518 g/mol. The topological polar surface area (TPSA) is 114 Å². The Balaban J connectivity index is 1.60. The number of anilines is 1. The Hall–Kier alpha value is -4.24. The first-order valence-electron chi connectivity index (χ1n) is 11.6. The van der Waals surface area contributed by atoms with Gasteiger partial charge in [0.05, 0.1) is 36.4 Å². The molecule has 1 aromatic heterocycles. The predicted octanol–water partition coefficient (Wildman–Crippen LogP) is 5.97. The van der Waals surface area contributed by atoms with Crippen molar-refractivity contribution in [1.82, 2.24) is 9.97 Å². The van der Waals surface area contributed by atoms with Gasteiger partial charge in [0.1, 0.15) is 11.5 Å². The third-order valence-corrected chi connectivity index (χ3v) is 6.99. The van der Waals surface area contributed by atoms with Crippen molar-refractivity contribution in [2.45, 2.75) is 23.8 Å². The van der Waals surface area contributed by atoms with Crippen molar-refractivity contribution in [3.05, 3.63) is 78.4 Å². The Kier molecular flexibility index (Phi) is 8.15. The first-order valence-corrected chi connectivity index (χ1v) is 12.5. The summed E-state index contributed by atoms with van der Waals surface area (Å²) in [6, 6.07) is 21.4. The lowest BCUT2D eigenvalue weighted by Gasteiger charge is -2.13. The normalized spacial score (nSPS) is 11.5. The molecule has 9 heteroatoms. The molecule has 0 bridgehead atoms. The molecule has 3 aromatic carbocycles. The van der Waals surface area contributed by atoms with Gasteiger partial charge in [0.25, 0.3) is 0 Å². The molecule has 4 rings (SSSR count). The van der Waals surface area contributed by atoms with Crippen LogP contribution >= 0.6 is 11.8 Å². The number of carbonyl (C=O) groups excluding carboxylic acids is 1. The standard InChI is InChI=1S/C28H27N3O5S/c1-4-23(26(32)29-20-11-5-19(6-12-20)27(33)34)37-28-30-24(17-7-13-21(35-2)14-8-17)25(31-28)18-9-15-22(36-3)16-10-18/h5-16,23H,4H2,1-3H3,(H,29,32)(H,30,31)(H,33,34). The number of H-pyrrole nitrogens is 1. The molecule has 3 N–H and O–H groups in total. The SMILES string of the molecule is CCC(Sc1nc(-c2ccc(OC)cc2)c(-c2ccc(OC)cc2)[nH]1)C(=O)Nc1ccc(C(=O)O)cc1. The number of thioether (sulfide) groups is 1. The summed E-state index contributed by atoms with van der Waals surface area (Å²) >= 11 is 1.34. The number of carbonyl (C=O) groups is 2. The number of amides is 1. The third-order valence-electron chi connectivity index (χ3n) is 5.74. The molecule has 0 aliphatic rings. The first kappa shape index (κ1) is 25.8. The van der Waals surface area contributed by atoms with Gasteiger partial charge in [-0.1, -0.05) is 18.7 Å². The minimum absolute atomic E-state index is 0.159. The molecule has 1 unspecified atom stereocenters. The van der Waals surface area contributed by atoms with E-state index in [1.807, 2.05) is 55.5 Å². The zero-order valence-corrected chi connectivity index (χ0v) is 21.5. The second kappa shape index (κ2) is 11.7. The molecule has 0 aliphatic heterocycles. The van der Waals surface area contributed by atoms with Gasteiger partial charge in [-0.3, -0.25) is 4.79 Å². The lowest BCUT2D eigenvalue weighted by Crippen LogP contribution is -2.24. The van der Waals surface area contributed by atoms with Crippen LogP contribution in [0.3, 0.4) is 0 Å². The molecule has 4 aromatic rings. The highest BCUT2D eigenvalue weighted by molar-refractivity contribution is 8.00. The van der Waals surface area contributed by atoms with Crippen molar-refractivity contribution in [3.8, 4) is 34.0 Å². The Morgan fingerprint density at radius 2 is 1.49 bits per heavy atom. The summed E-state index contributed by atoms with van der Waals surface area (Å²) in [5.74, 6) is 0.295.